The van der Waals surface area contributed by atoms with Crippen LogP contribution < -0.4 is 4.74 Å². The summed E-state index contributed by atoms with van der Waals surface area (Å²) in [7, 11) is 0. The van der Waals surface area contributed by atoms with Crippen LogP contribution in [0, 0.1) is 6.92 Å². The van der Waals surface area contributed by atoms with E-state index in [4.69, 9.17) is 9.15 Å². The molecule has 3 heterocycles. The Hall–Kier alpha value is -5.37. The molecule has 0 bridgehead atoms. The Balaban J connectivity index is 1.45. The molecule has 6 rings (SSSR count). The van der Waals surface area contributed by atoms with Crippen molar-refractivity contribution in [3.63, 3.8) is 0 Å². The van der Waals surface area contributed by atoms with Crippen LogP contribution in [0.15, 0.2) is 108 Å². The van der Waals surface area contributed by atoms with Gasteiger partial charge in [0, 0.05) is 23.5 Å². The van der Waals surface area contributed by atoms with E-state index in [0.717, 1.165) is 5.69 Å². The van der Waals surface area contributed by atoms with Crippen molar-refractivity contribution in [1.29, 1.82) is 0 Å². The number of carbonyl (C=O) groups excluding carboxylic acids is 2. The molecule has 190 valence electrons. The molecule has 3 aromatic heterocycles. The number of hydrogen-bond donors (Lipinski definition) is 0. The molecule has 0 aliphatic rings. The zero-order chi connectivity index (χ0) is 26.8. The summed E-state index contributed by atoms with van der Waals surface area (Å²) in [4.78, 5) is 31.4. The average Bonchev–Trinajstić information content (AvgIpc) is 3.63. The molecule has 0 fully saturated rings. The molecule has 39 heavy (non-hydrogen) atoms. The maximum Gasteiger partial charge on any atom is 0.196 e. The quantitative estimate of drug-likeness (QED) is 0.238. The van der Waals surface area contributed by atoms with Crippen LogP contribution in [0.3, 0.4) is 0 Å². The maximum atomic E-state index is 13.8. The number of aryl methyl sites for hydroxylation is 1. The lowest BCUT2D eigenvalue weighted by atomic mass is 9.94. The highest BCUT2D eigenvalue weighted by atomic mass is 16.5. The normalized spacial score (nSPS) is 11.0. The molecule has 0 saturated carbocycles. The monoisotopic (exact) mass is 514 g/mol. The van der Waals surface area contributed by atoms with E-state index in [1.165, 1.54) is 0 Å². The summed E-state index contributed by atoms with van der Waals surface area (Å²) in [5.74, 6) is 0.390. The van der Waals surface area contributed by atoms with Crippen molar-refractivity contribution in [2.24, 2.45) is 0 Å². The van der Waals surface area contributed by atoms with Gasteiger partial charge in [0.05, 0.1) is 28.4 Å². The number of furan rings is 1. The number of benzene rings is 3. The summed E-state index contributed by atoms with van der Waals surface area (Å²) < 4.78 is 13.9. The zero-order valence-corrected chi connectivity index (χ0v) is 20.9. The number of nitrogens with zero attached hydrogens (tertiary/aromatic N) is 4. The van der Waals surface area contributed by atoms with Gasteiger partial charge in [0.1, 0.15) is 29.4 Å². The molecule has 0 spiro atoms. The number of fused-ring (bicyclic) bond motifs is 1. The van der Waals surface area contributed by atoms with Crippen LogP contribution in [-0.2, 0) is 6.61 Å². The molecule has 6 aromatic rings. The number of ketones is 2. The molecule has 0 N–H and O–H groups in total. The van der Waals surface area contributed by atoms with E-state index >= 15 is 0 Å². The van der Waals surface area contributed by atoms with Gasteiger partial charge in [-0.3, -0.25) is 14.6 Å². The van der Waals surface area contributed by atoms with Crippen LogP contribution in [0.2, 0.25) is 0 Å². The number of carbonyl (C=O) groups is 2. The lowest BCUT2D eigenvalue weighted by Gasteiger charge is -2.14. The van der Waals surface area contributed by atoms with Crippen molar-refractivity contribution < 1.29 is 18.7 Å². The predicted octanol–water partition coefficient (Wildman–Crippen LogP) is 5.76. The number of hydrogen-bond acceptors (Lipinski definition) is 7. The van der Waals surface area contributed by atoms with Gasteiger partial charge >= 0.3 is 0 Å². The fourth-order valence-corrected chi connectivity index (χ4v) is 4.42. The Morgan fingerprint density at radius 3 is 2.15 bits per heavy atom. The molecule has 8 heteroatoms. The Morgan fingerprint density at radius 1 is 0.846 bits per heavy atom. The first kappa shape index (κ1) is 24.0. The van der Waals surface area contributed by atoms with Crippen molar-refractivity contribution >= 4 is 22.5 Å². The van der Waals surface area contributed by atoms with E-state index in [0.29, 0.717) is 44.9 Å². The lowest BCUT2D eigenvalue weighted by Crippen LogP contribution is -2.10. The summed E-state index contributed by atoms with van der Waals surface area (Å²) in [5, 5.41) is 8.92. The van der Waals surface area contributed by atoms with Crippen LogP contribution in [0.4, 0.5) is 0 Å². The first-order valence-corrected chi connectivity index (χ1v) is 12.3. The van der Waals surface area contributed by atoms with Crippen molar-refractivity contribution in [1.82, 2.24) is 20.0 Å². The molecule has 3 aromatic carbocycles. The summed E-state index contributed by atoms with van der Waals surface area (Å²) in [6, 6.07) is 24.8. The molecule has 0 aliphatic carbocycles. The molecule has 0 aliphatic heterocycles. The van der Waals surface area contributed by atoms with Crippen LogP contribution in [0.25, 0.3) is 16.7 Å². The summed E-state index contributed by atoms with van der Waals surface area (Å²) >= 11 is 0. The van der Waals surface area contributed by atoms with Gasteiger partial charge in [0.2, 0.25) is 0 Å². The Bertz CT molecular complexity index is 1790. The number of pyridine rings is 1. The predicted molar refractivity (Wildman–Crippen MR) is 144 cm³/mol. The third-order valence-corrected chi connectivity index (χ3v) is 6.27. The summed E-state index contributed by atoms with van der Waals surface area (Å²) in [5.41, 5.74) is 3.25. The van der Waals surface area contributed by atoms with E-state index in [2.05, 4.69) is 15.3 Å². The number of aromatic nitrogens is 4. The first-order valence-electron chi connectivity index (χ1n) is 12.3. The van der Waals surface area contributed by atoms with Crippen molar-refractivity contribution in [2.75, 3.05) is 0 Å². The van der Waals surface area contributed by atoms with Gasteiger partial charge in [-0.05, 0) is 31.2 Å². The van der Waals surface area contributed by atoms with Gasteiger partial charge in [0.25, 0.3) is 0 Å². The van der Waals surface area contributed by atoms with E-state index in [9.17, 15) is 9.59 Å². The average molecular weight is 515 g/mol. The van der Waals surface area contributed by atoms with E-state index in [-0.39, 0.29) is 23.7 Å². The van der Waals surface area contributed by atoms with Gasteiger partial charge in [-0.25, -0.2) is 4.68 Å². The lowest BCUT2D eigenvalue weighted by molar-refractivity contribution is 0.103. The fraction of sp³-hybridized carbons (Fsp3) is 0.0645. The fourth-order valence-electron chi connectivity index (χ4n) is 4.42. The molecular weight excluding hydrogens is 492 g/mol. The van der Waals surface area contributed by atoms with Gasteiger partial charge < -0.3 is 9.15 Å². The van der Waals surface area contributed by atoms with Gasteiger partial charge in [0.15, 0.2) is 11.6 Å². The second-order valence-corrected chi connectivity index (χ2v) is 8.94. The van der Waals surface area contributed by atoms with E-state index < -0.39 is 0 Å². The van der Waals surface area contributed by atoms with E-state index in [1.807, 2.05) is 24.3 Å². The molecule has 0 atom stereocenters. The SMILES string of the molecule is Cc1cc2c(OCc3cn(-c4ccncc4)nn3)c(C(=O)c3ccccc3)cc(C(=O)c3ccccc3)c2o1. The smallest absolute Gasteiger partial charge is 0.196 e. The van der Waals surface area contributed by atoms with E-state index in [1.54, 1.807) is 90.9 Å². The summed E-state index contributed by atoms with van der Waals surface area (Å²) in [6.45, 7) is 1.84. The highest BCUT2D eigenvalue weighted by Gasteiger charge is 2.26. The highest BCUT2D eigenvalue weighted by molar-refractivity contribution is 6.20. The molecule has 8 nitrogen and oxygen atoms in total. The molecular formula is C31H22N4O4. The van der Waals surface area contributed by atoms with Crippen LogP contribution in [0.5, 0.6) is 5.75 Å². The Kier molecular flexibility index (Phi) is 6.26. The van der Waals surface area contributed by atoms with Gasteiger partial charge in [-0.15, -0.1) is 5.10 Å². The number of rotatable bonds is 8. The van der Waals surface area contributed by atoms with Crippen LogP contribution >= 0.6 is 0 Å². The minimum Gasteiger partial charge on any atom is -0.486 e. The topological polar surface area (TPSA) is 100 Å². The minimum absolute atomic E-state index is 0.0471. The molecule has 0 amide bonds. The van der Waals surface area contributed by atoms with Gasteiger partial charge in [-0.1, -0.05) is 65.9 Å². The minimum atomic E-state index is -0.270. The van der Waals surface area contributed by atoms with Crippen LogP contribution in [-0.4, -0.2) is 31.5 Å². The largest absolute Gasteiger partial charge is 0.486 e. The number of ether oxygens (including phenoxy) is 1. The van der Waals surface area contributed by atoms with Crippen molar-refractivity contribution in [2.45, 2.75) is 13.5 Å². The molecule has 0 radical (unpaired) electrons. The first-order chi connectivity index (χ1) is 19.1. The third kappa shape index (κ3) is 4.71. The standard InChI is InChI=1S/C31H22N4O4/c1-20-16-27-30(38-19-23-18-35(34-33-23)24-12-14-32-15-13-24)25(28(36)21-8-4-2-5-9-21)17-26(31(27)39-20)29(37)22-10-6-3-7-11-22/h2-18H,19H2,1H3. The van der Waals surface area contributed by atoms with Crippen LogP contribution in [0.1, 0.15) is 43.3 Å². The highest BCUT2D eigenvalue weighted by Crippen LogP contribution is 2.37. The molecule has 0 saturated heterocycles. The third-order valence-electron chi connectivity index (χ3n) is 6.27. The maximum absolute atomic E-state index is 13.8. The van der Waals surface area contributed by atoms with Crippen molar-refractivity contribution in [3.05, 3.63) is 137 Å². The Labute approximate surface area is 223 Å². The second-order valence-electron chi connectivity index (χ2n) is 8.94. The summed E-state index contributed by atoms with van der Waals surface area (Å²) in [6.07, 6.45) is 5.09. The molecule has 0 unspecified atom stereocenters. The van der Waals surface area contributed by atoms with Gasteiger partial charge in [-0.2, -0.15) is 0 Å². The Morgan fingerprint density at radius 2 is 1.49 bits per heavy atom. The second kappa shape index (κ2) is 10.2. The van der Waals surface area contributed by atoms with Crippen molar-refractivity contribution in [3.8, 4) is 11.4 Å². The zero-order valence-electron chi connectivity index (χ0n) is 20.9.